The highest BCUT2D eigenvalue weighted by Crippen LogP contribution is 2.30. The number of piperidine rings is 1. The minimum Gasteiger partial charge on any atom is -0.355 e. The Morgan fingerprint density at radius 3 is 2.76 bits per heavy atom. The number of hydrogen-bond acceptors (Lipinski definition) is 3. The van der Waals surface area contributed by atoms with E-state index >= 15 is 0 Å². The van der Waals surface area contributed by atoms with Crippen LogP contribution in [0.25, 0.3) is 0 Å². The van der Waals surface area contributed by atoms with Crippen LogP contribution in [0.15, 0.2) is 18.3 Å². The van der Waals surface area contributed by atoms with Crippen LogP contribution in [0.3, 0.4) is 0 Å². The fourth-order valence-corrected chi connectivity index (χ4v) is 3.16. The zero-order chi connectivity index (χ0) is 14.8. The van der Waals surface area contributed by atoms with Crippen LogP contribution in [0.1, 0.15) is 32.1 Å². The first kappa shape index (κ1) is 14.3. The van der Waals surface area contributed by atoms with E-state index < -0.39 is 0 Å². The Bertz CT molecular complexity index is 501. The van der Waals surface area contributed by atoms with Crippen LogP contribution in [0.2, 0.25) is 0 Å². The van der Waals surface area contributed by atoms with Gasteiger partial charge in [0.25, 0.3) is 0 Å². The van der Waals surface area contributed by atoms with Crippen molar-refractivity contribution in [1.29, 1.82) is 0 Å². The van der Waals surface area contributed by atoms with Gasteiger partial charge >= 0.3 is 0 Å². The second-order valence-electron chi connectivity index (χ2n) is 6.15. The largest absolute Gasteiger partial charge is 0.355 e. The second-order valence-corrected chi connectivity index (χ2v) is 6.15. The summed E-state index contributed by atoms with van der Waals surface area (Å²) in [6, 6.07) is 3.39. The topological polar surface area (TPSA) is 36.4 Å². The van der Waals surface area contributed by atoms with Crippen LogP contribution in [0, 0.1) is 11.7 Å². The van der Waals surface area contributed by atoms with Crippen molar-refractivity contribution in [2.24, 2.45) is 5.92 Å². The average molecular weight is 291 g/mol. The van der Waals surface area contributed by atoms with E-state index in [9.17, 15) is 9.18 Å². The van der Waals surface area contributed by atoms with Gasteiger partial charge in [-0.1, -0.05) is 6.42 Å². The Kier molecular flexibility index (Phi) is 4.08. The number of carbonyl (C=O) groups excluding carboxylic acids is 1. The number of aromatic nitrogens is 1. The lowest BCUT2D eigenvalue weighted by Gasteiger charge is -2.40. The fourth-order valence-electron chi connectivity index (χ4n) is 3.16. The van der Waals surface area contributed by atoms with E-state index in [1.165, 1.54) is 18.7 Å². The summed E-state index contributed by atoms with van der Waals surface area (Å²) in [4.78, 5) is 20.6. The van der Waals surface area contributed by atoms with Crippen molar-refractivity contribution in [3.63, 3.8) is 0 Å². The monoisotopic (exact) mass is 291 g/mol. The fraction of sp³-hybridized carbons (Fsp3) is 0.625. The van der Waals surface area contributed by atoms with Crippen LogP contribution >= 0.6 is 0 Å². The molecular formula is C16H22FN3O. The van der Waals surface area contributed by atoms with Crippen LogP contribution in [0.4, 0.5) is 10.2 Å². The van der Waals surface area contributed by atoms with E-state index in [0.717, 1.165) is 44.6 Å². The summed E-state index contributed by atoms with van der Waals surface area (Å²) >= 11 is 0. The van der Waals surface area contributed by atoms with Gasteiger partial charge in [0.15, 0.2) is 0 Å². The minimum atomic E-state index is -0.315. The van der Waals surface area contributed by atoms with Crippen molar-refractivity contribution < 1.29 is 9.18 Å². The number of hydrogen-bond donors (Lipinski definition) is 0. The van der Waals surface area contributed by atoms with E-state index in [1.807, 2.05) is 11.9 Å². The smallest absolute Gasteiger partial charge is 0.225 e. The molecule has 1 aromatic rings. The summed E-state index contributed by atoms with van der Waals surface area (Å²) in [5.74, 6) is 1.02. The van der Waals surface area contributed by atoms with E-state index in [-0.39, 0.29) is 17.8 Å². The molecule has 0 bridgehead atoms. The molecule has 114 valence electrons. The Morgan fingerprint density at radius 2 is 2.14 bits per heavy atom. The number of carbonyl (C=O) groups is 1. The van der Waals surface area contributed by atoms with Crippen molar-refractivity contribution in [2.45, 2.75) is 38.1 Å². The molecule has 1 saturated heterocycles. The molecule has 1 aliphatic heterocycles. The second kappa shape index (κ2) is 6.00. The number of halogens is 1. The molecule has 0 spiro atoms. The summed E-state index contributed by atoms with van der Waals surface area (Å²) < 4.78 is 13.0. The normalized spacial score (nSPS) is 22.8. The highest BCUT2D eigenvalue weighted by Gasteiger charge is 2.33. The molecule has 0 N–H and O–H groups in total. The first-order valence-corrected chi connectivity index (χ1v) is 7.78. The summed E-state index contributed by atoms with van der Waals surface area (Å²) in [5, 5.41) is 0. The Labute approximate surface area is 125 Å². The first-order chi connectivity index (χ1) is 10.1. The number of rotatable bonds is 3. The van der Waals surface area contributed by atoms with E-state index in [0.29, 0.717) is 5.91 Å². The summed E-state index contributed by atoms with van der Waals surface area (Å²) in [5.41, 5.74) is 0. The summed E-state index contributed by atoms with van der Waals surface area (Å²) in [6.07, 6.45) is 6.58. The summed E-state index contributed by atoms with van der Waals surface area (Å²) in [7, 11) is 1.92. The molecule has 21 heavy (non-hydrogen) atoms. The first-order valence-electron chi connectivity index (χ1n) is 7.78. The van der Waals surface area contributed by atoms with Crippen molar-refractivity contribution in [1.82, 2.24) is 9.88 Å². The van der Waals surface area contributed by atoms with Crippen molar-refractivity contribution in [3.05, 3.63) is 24.1 Å². The standard InChI is InChI=1S/C16H22FN3O/c1-19(16(21)12-4-2-5-12)14-6-3-9-20(11-14)15-8-7-13(17)10-18-15/h7-8,10,12,14H,2-6,9,11H2,1H3. The predicted octanol–water partition coefficient (Wildman–Crippen LogP) is 2.45. The van der Waals surface area contributed by atoms with E-state index in [2.05, 4.69) is 9.88 Å². The zero-order valence-electron chi connectivity index (χ0n) is 12.5. The van der Waals surface area contributed by atoms with Gasteiger partial charge in [-0.3, -0.25) is 4.79 Å². The van der Waals surface area contributed by atoms with Crippen LogP contribution in [0.5, 0.6) is 0 Å². The molecule has 3 rings (SSSR count). The van der Waals surface area contributed by atoms with Crippen LogP contribution < -0.4 is 4.90 Å². The number of pyridine rings is 1. The van der Waals surface area contributed by atoms with Gasteiger partial charge in [-0.15, -0.1) is 0 Å². The van der Waals surface area contributed by atoms with Crippen LogP contribution in [-0.2, 0) is 4.79 Å². The maximum atomic E-state index is 13.0. The number of amides is 1. The molecule has 5 heteroatoms. The van der Waals surface area contributed by atoms with Gasteiger partial charge in [0.1, 0.15) is 11.6 Å². The lowest BCUT2D eigenvalue weighted by atomic mass is 9.84. The zero-order valence-corrected chi connectivity index (χ0v) is 12.5. The Balaban J connectivity index is 1.64. The third-order valence-corrected chi connectivity index (χ3v) is 4.78. The van der Waals surface area contributed by atoms with Crippen molar-refractivity contribution in [2.75, 3.05) is 25.0 Å². The quantitative estimate of drug-likeness (QED) is 0.858. The lowest BCUT2D eigenvalue weighted by molar-refractivity contribution is -0.139. The van der Waals surface area contributed by atoms with Gasteiger partial charge < -0.3 is 9.80 Å². The maximum Gasteiger partial charge on any atom is 0.225 e. The molecule has 1 saturated carbocycles. The average Bonchev–Trinajstić information content (AvgIpc) is 2.45. The van der Waals surface area contributed by atoms with Gasteiger partial charge in [-0.05, 0) is 37.8 Å². The highest BCUT2D eigenvalue weighted by molar-refractivity contribution is 5.79. The van der Waals surface area contributed by atoms with Gasteiger partial charge in [0.05, 0.1) is 6.20 Å². The van der Waals surface area contributed by atoms with E-state index in [4.69, 9.17) is 0 Å². The summed E-state index contributed by atoms with van der Waals surface area (Å²) in [6.45, 7) is 1.70. The van der Waals surface area contributed by atoms with Crippen LogP contribution in [-0.4, -0.2) is 42.0 Å². The Morgan fingerprint density at radius 1 is 1.33 bits per heavy atom. The van der Waals surface area contributed by atoms with Gasteiger partial charge in [-0.2, -0.15) is 0 Å². The predicted molar refractivity (Wildman–Crippen MR) is 79.5 cm³/mol. The molecule has 1 aromatic heterocycles. The molecule has 2 heterocycles. The number of likely N-dealkylation sites (N-methyl/N-ethyl adjacent to an activating group) is 1. The minimum absolute atomic E-state index is 0.235. The molecule has 0 radical (unpaired) electrons. The molecule has 1 unspecified atom stereocenters. The number of anilines is 1. The van der Waals surface area contributed by atoms with Gasteiger partial charge in [-0.25, -0.2) is 9.37 Å². The molecule has 1 amide bonds. The molecule has 0 aromatic carbocycles. The number of nitrogens with zero attached hydrogens (tertiary/aromatic N) is 3. The highest BCUT2D eigenvalue weighted by atomic mass is 19.1. The lowest BCUT2D eigenvalue weighted by Crippen LogP contribution is -2.51. The Hall–Kier alpha value is -1.65. The van der Waals surface area contributed by atoms with Crippen molar-refractivity contribution >= 4 is 11.7 Å². The molecule has 2 fully saturated rings. The molecular weight excluding hydrogens is 269 g/mol. The molecule has 4 nitrogen and oxygen atoms in total. The van der Waals surface area contributed by atoms with Crippen molar-refractivity contribution in [3.8, 4) is 0 Å². The third kappa shape index (κ3) is 3.01. The molecule has 1 aliphatic carbocycles. The maximum absolute atomic E-state index is 13.0. The van der Waals surface area contributed by atoms with Gasteiger partial charge in [0.2, 0.25) is 5.91 Å². The molecule has 2 aliphatic rings. The van der Waals surface area contributed by atoms with Gasteiger partial charge in [0, 0.05) is 32.1 Å². The SMILES string of the molecule is CN(C(=O)C1CCC1)C1CCCN(c2ccc(F)cn2)C1. The molecule has 1 atom stereocenters. The van der Waals surface area contributed by atoms with E-state index in [1.54, 1.807) is 6.07 Å². The third-order valence-electron chi connectivity index (χ3n) is 4.78.